The van der Waals surface area contributed by atoms with Crippen LogP contribution in [-0.4, -0.2) is 31.5 Å². The zero-order chi connectivity index (χ0) is 17.1. The van der Waals surface area contributed by atoms with E-state index in [1.807, 2.05) is 18.2 Å². The van der Waals surface area contributed by atoms with E-state index in [0.717, 1.165) is 25.1 Å². The van der Waals surface area contributed by atoms with Gasteiger partial charge in [0.2, 0.25) is 5.82 Å². The van der Waals surface area contributed by atoms with Crippen molar-refractivity contribution >= 4 is 10.9 Å². The number of aryl methyl sites for hydroxylation is 2. The number of aliphatic hydroxyl groups excluding tert-OH is 1. The summed E-state index contributed by atoms with van der Waals surface area (Å²) in [6.07, 6.45) is 6.42. The van der Waals surface area contributed by atoms with E-state index >= 15 is 0 Å². The van der Waals surface area contributed by atoms with Crippen LogP contribution in [0.15, 0.2) is 53.3 Å². The highest BCUT2D eigenvalue weighted by atomic mass is 16.3. The summed E-state index contributed by atoms with van der Waals surface area (Å²) >= 11 is 0. The molecule has 3 aromatic heterocycles. The fourth-order valence-electron chi connectivity index (χ4n) is 3.12. The molecule has 6 heteroatoms. The predicted octanol–water partition coefficient (Wildman–Crippen LogP) is 3.19. The van der Waals surface area contributed by atoms with Crippen molar-refractivity contribution in [2.45, 2.75) is 25.8 Å². The number of hydrogen-bond acceptors (Lipinski definition) is 4. The number of para-hydroxylation sites is 1. The van der Waals surface area contributed by atoms with Crippen LogP contribution in [0.5, 0.6) is 0 Å². The Hall–Kier alpha value is -2.86. The Morgan fingerprint density at radius 1 is 1.12 bits per heavy atom. The highest BCUT2D eigenvalue weighted by molar-refractivity contribution is 5.82. The third-order valence-corrected chi connectivity index (χ3v) is 4.32. The Morgan fingerprint density at radius 3 is 2.88 bits per heavy atom. The minimum absolute atomic E-state index is 0.0381. The number of fused-ring (bicyclic) bond motifs is 1. The van der Waals surface area contributed by atoms with Gasteiger partial charge in [-0.05, 0) is 36.6 Å². The Balaban J connectivity index is 1.48. The molecule has 0 aliphatic carbocycles. The van der Waals surface area contributed by atoms with Gasteiger partial charge >= 0.3 is 0 Å². The fourth-order valence-corrected chi connectivity index (χ4v) is 3.12. The number of hydrogen-bond donors (Lipinski definition) is 2. The number of aromatic nitrogens is 4. The maximum absolute atomic E-state index is 9.26. The maximum Gasteiger partial charge on any atom is 0.217 e. The third-order valence-electron chi connectivity index (χ3n) is 4.32. The van der Waals surface area contributed by atoms with Gasteiger partial charge in [0.1, 0.15) is 5.82 Å². The van der Waals surface area contributed by atoms with Crippen LogP contribution >= 0.6 is 0 Å². The van der Waals surface area contributed by atoms with Gasteiger partial charge in [-0.2, -0.15) is 0 Å². The molecule has 6 nitrogen and oxygen atoms in total. The number of aromatic amines is 1. The van der Waals surface area contributed by atoms with Gasteiger partial charge in [0, 0.05) is 23.5 Å². The van der Waals surface area contributed by atoms with Gasteiger partial charge < -0.3 is 14.5 Å². The van der Waals surface area contributed by atoms with Crippen LogP contribution in [0.25, 0.3) is 22.5 Å². The van der Waals surface area contributed by atoms with Gasteiger partial charge in [0.05, 0.1) is 19.4 Å². The normalized spacial score (nSPS) is 11.4. The molecular weight excluding hydrogens is 316 g/mol. The summed E-state index contributed by atoms with van der Waals surface area (Å²) in [5, 5.41) is 15.0. The quantitative estimate of drug-likeness (QED) is 0.543. The van der Waals surface area contributed by atoms with Gasteiger partial charge in [0.15, 0.2) is 5.76 Å². The Morgan fingerprint density at radius 2 is 2.04 bits per heavy atom. The number of benzene rings is 1. The molecule has 0 saturated heterocycles. The zero-order valence-corrected chi connectivity index (χ0v) is 13.9. The molecule has 0 saturated carbocycles. The van der Waals surface area contributed by atoms with Gasteiger partial charge in [-0.1, -0.05) is 18.2 Å². The summed E-state index contributed by atoms with van der Waals surface area (Å²) in [7, 11) is 0. The number of nitrogens with one attached hydrogen (secondary N) is 1. The molecule has 0 aliphatic rings. The van der Waals surface area contributed by atoms with E-state index in [4.69, 9.17) is 4.42 Å². The first-order valence-corrected chi connectivity index (χ1v) is 8.48. The van der Waals surface area contributed by atoms with Gasteiger partial charge in [0.25, 0.3) is 0 Å². The topological polar surface area (TPSA) is 79.9 Å². The SMILES string of the molecule is OCCn1nc(-c2ccco2)nc1CCCc1c[nH]c2ccccc12. The molecule has 25 heavy (non-hydrogen) atoms. The van der Waals surface area contributed by atoms with E-state index < -0.39 is 0 Å². The highest BCUT2D eigenvalue weighted by Crippen LogP contribution is 2.20. The Bertz CT molecular complexity index is 953. The van der Waals surface area contributed by atoms with Gasteiger partial charge in [-0.25, -0.2) is 9.67 Å². The molecular formula is C19H20N4O2. The van der Waals surface area contributed by atoms with E-state index in [2.05, 4.69) is 39.5 Å². The average Bonchev–Trinajstić information content (AvgIpc) is 3.36. The van der Waals surface area contributed by atoms with E-state index in [9.17, 15) is 5.11 Å². The van der Waals surface area contributed by atoms with E-state index in [0.29, 0.717) is 18.1 Å². The second-order valence-electron chi connectivity index (χ2n) is 5.99. The van der Waals surface area contributed by atoms with E-state index in [-0.39, 0.29) is 6.61 Å². The fraction of sp³-hybridized carbons (Fsp3) is 0.263. The lowest BCUT2D eigenvalue weighted by Gasteiger charge is -2.03. The summed E-state index contributed by atoms with van der Waals surface area (Å²) in [4.78, 5) is 7.90. The summed E-state index contributed by atoms with van der Waals surface area (Å²) in [6, 6.07) is 12.0. The van der Waals surface area contributed by atoms with Crippen molar-refractivity contribution in [2.24, 2.45) is 0 Å². The lowest BCUT2D eigenvalue weighted by atomic mass is 10.1. The zero-order valence-electron chi connectivity index (χ0n) is 13.9. The largest absolute Gasteiger partial charge is 0.461 e. The monoisotopic (exact) mass is 336 g/mol. The number of rotatable bonds is 7. The predicted molar refractivity (Wildman–Crippen MR) is 95.1 cm³/mol. The minimum Gasteiger partial charge on any atom is -0.461 e. The van der Waals surface area contributed by atoms with Gasteiger partial charge in [-0.3, -0.25) is 0 Å². The van der Waals surface area contributed by atoms with Crippen LogP contribution in [0, 0.1) is 0 Å². The molecule has 0 aliphatic heterocycles. The second kappa shape index (κ2) is 6.94. The molecule has 0 amide bonds. The number of aliphatic hydroxyl groups is 1. The number of H-pyrrole nitrogens is 1. The Kier molecular flexibility index (Phi) is 4.35. The van der Waals surface area contributed by atoms with Crippen LogP contribution < -0.4 is 0 Å². The first-order valence-electron chi connectivity index (χ1n) is 8.48. The van der Waals surface area contributed by atoms with Crippen molar-refractivity contribution in [3.63, 3.8) is 0 Å². The molecule has 0 bridgehead atoms. The summed E-state index contributed by atoms with van der Waals surface area (Å²) in [6.45, 7) is 0.479. The van der Waals surface area contributed by atoms with Crippen molar-refractivity contribution in [1.29, 1.82) is 0 Å². The first-order chi connectivity index (χ1) is 12.3. The maximum atomic E-state index is 9.26. The molecule has 0 unspecified atom stereocenters. The molecule has 2 N–H and O–H groups in total. The first kappa shape index (κ1) is 15.7. The molecule has 3 heterocycles. The van der Waals surface area contributed by atoms with Crippen molar-refractivity contribution < 1.29 is 9.52 Å². The molecule has 128 valence electrons. The summed E-state index contributed by atoms with van der Waals surface area (Å²) in [5.41, 5.74) is 2.48. The van der Waals surface area contributed by atoms with E-state index in [1.165, 1.54) is 16.5 Å². The van der Waals surface area contributed by atoms with Crippen LogP contribution in [0.3, 0.4) is 0 Å². The molecule has 0 atom stereocenters. The standard InChI is InChI=1S/C19H20N4O2/c24-11-10-23-18(21-19(22-23)17-8-4-12-25-17)9-3-5-14-13-20-16-7-2-1-6-15(14)16/h1-2,4,6-8,12-13,20,24H,3,5,9-11H2. The van der Waals surface area contributed by atoms with Crippen molar-refractivity contribution in [2.75, 3.05) is 6.61 Å². The summed E-state index contributed by atoms with van der Waals surface area (Å²) < 4.78 is 7.14. The molecule has 0 spiro atoms. The second-order valence-corrected chi connectivity index (χ2v) is 5.99. The number of nitrogens with zero attached hydrogens (tertiary/aromatic N) is 3. The Labute approximate surface area is 145 Å². The van der Waals surface area contributed by atoms with Crippen LogP contribution in [0.4, 0.5) is 0 Å². The third kappa shape index (κ3) is 3.21. The highest BCUT2D eigenvalue weighted by Gasteiger charge is 2.13. The van der Waals surface area contributed by atoms with Crippen LogP contribution in [0.1, 0.15) is 17.8 Å². The smallest absolute Gasteiger partial charge is 0.217 e. The molecule has 4 rings (SSSR count). The van der Waals surface area contributed by atoms with Crippen molar-refractivity contribution in [1.82, 2.24) is 19.7 Å². The van der Waals surface area contributed by atoms with Crippen LogP contribution in [0.2, 0.25) is 0 Å². The number of furan rings is 1. The molecule has 0 radical (unpaired) electrons. The summed E-state index contributed by atoms with van der Waals surface area (Å²) in [5.74, 6) is 2.09. The van der Waals surface area contributed by atoms with Crippen molar-refractivity contribution in [3.8, 4) is 11.6 Å². The van der Waals surface area contributed by atoms with Crippen LogP contribution in [-0.2, 0) is 19.4 Å². The molecule has 1 aromatic carbocycles. The molecule has 4 aromatic rings. The van der Waals surface area contributed by atoms with E-state index in [1.54, 1.807) is 10.9 Å². The van der Waals surface area contributed by atoms with Crippen molar-refractivity contribution in [3.05, 3.63) is 60.2 Å². The minimum atomic E-state index is 0.0381. The van der Waals surface area contributed by atoms with Gasteiger partial charge in [-0.15, -0.1) is 5.10 Å². The average molecular weight is 336 g/mol. The lowest BCUT2D eigenvalue weighted by molar-refractivity contribution is 0.267. The molecule has 0 fully saturated rings. The lowest BCUT2D eigenvalue weighted by Crippen LogP contribution is -2.09.